The Balaban J connectivity index is 1.21. The zero-order chi connectivity index (χ0) is 18.9. The molecule has 3 fully saturated rings. The summed E-state index contributed by atoms with van der Waals surface area (Å²) in [4.78, 5) is 14.5. The first kappa shape index (κ1) is 17.6. The Kier molecular flexibility index (Phi) is 4.69. The van der Waals surface area contributed by atoms with E-state index in [1.165, 1.54) is 0 Å². The summed E-state index contributed by atoms with van der Waals surface area (Å²) in [6.07, 6.45) is 3.92. The molecule has 148 valence electrons. The van der Waals surface area contributed by atoms with Gasteiger partial charge in [-0.05, 0) is 48.2 Å². The van der Waals surface area contributed by atoms with Crippen molar-refractivity contribution in [1.82, 2.24) is 25.1 Å². The fourth-order valence-electron chi connectivity index (χ4n) is 3.91. The summed E-state index contributed by atoms with van der Waals surface area (Å²) in [6, 6.07) is 8.02. The van der Waals surface area contributed by atoms with Gasteiger partial charge in [0, 0.05) is 30.3 Å². The Bertz CT molecular complexity index is 838. The van der Waals surface area contributed by atoms with Crippen LogP contribution in [-0.2, 0) is 9.47 Å². The highest BCUT2D eigenvalue weighted by Gasteiger charge is 2.32. The minimum atomic E-state index is -0.0979. The molecule has 2 amide bonds. The number of hydrogen-bond acceptors (Lipinski definition) is 6. The van der Waals surface area contributed by atoms with Gasteiger partial charge in [0.1, 0.15) is 0 Å². The number of nitrogens with zero attached hydrogens (tertiary/aromatic N) is 5. The van der Waals surface area contributed by atoms with Crippen molar-refractivity contribution in [1.29, 1.82) is 0 Å². The van der Waals surface area contributed by atoms with Crippen molar-refractivity contribution >= 4 is 11.7 Å². The number of ether oxygens (including phenoxy) is 2. The lowest BCUT2D eigenvalue weighted by Gasteiger charge is -2.33. The minimum Gasteiger partial charge on any atom is -0.350 e. The van der Waals surface area contributed by atoms with Crippen molar-refractivity contribution in [2.75, 3.05) is 31.6 Å². The molecule has 1 aliphatic carbocycles. The SMILES string of the molecule is O=C(Nc1cccc(-c2nnnn2C2CC2)c1)N1CCC(C2OCCO2)CC1. The largest absolute Gasteiger partial charge is 0.350 e. The summed E-state index contributed by atoms with van der Waals surface area (Å²) in [5.41, 5.74) is 1.65. The number of nitrogens with one attached hydrogen (secondary N) is 1. The maximum atomic E-state index is 12.7. The van der Waals surface area contributed by atoms with Crippen molar-refractivity contribution in [3.63, 3.8) is 0 Å². The first-order valence-electron chi connectivity index (χ1n) is 9.95. The van der Waals surface area contributed by atoms with Crippen molar-refractivity contribution in [2.24, 2.45) is 5.92 Å². The van der Waals surface area contributed by atoms with Crippen LogP contribution in [0.4, 0.5) is 10.5 Å². The van der Waals surface area contributed by atoms with Gasteiger partial charge in [0.2, 0.25) is 0 Å². The molecule has 0 spiro atoms. The van der Waals surface area contributed by atoms with Gasteiger partial charge in [-0.1, -0.05) is 12.1 Å². The maximum Gasteiger partial charge on any atom is 0.321 e. The van der Waals surface area contributed by atoms with Gasteiger partial charge in [-0.2, -0.15) is 0 Å². The van der Waals surface area contributed by atoms with Crippen LogP contribution in [0, 0.1) is 5.92 Å². The number of benzene rings is 1. The summed E-state index contributed by atoms with van der Waals surface area (Å²) >= 11 is 0. The second-order valence-corrected chi connectivity index (χ2v) is 7.62. The summed E-state index contributed by atoms with van der Waals surface area (Å²) in [6.45, 7) is 2.76. The number of piperidine rings is 1. The van der Waals surface area contributed by atoms with E-state index in [2.05, 4.69) is 20.8 Å². The number of urea groups is 1. The van der Waals surface area contributed by atoms with Gasteiger partial charge < -0.3 is 19.7 Å². The van der Waals surface area contributed by atoms with E-state index in [9.17, 15) is 4.79 Å². The van der Waals surface area contributed by atoms with Crippen molar-refractivity contribution < 1.29 is 14.3 Å². The Hall–Kier alpha value is -2.52. The highest BCUT2D eigenvalue weighted by Crippen LogP contribution is 2.36. The topological polar surface area (TPSA) is 94.4 Å². The average molecular weight is 384 g/mol. The van der Waals surface area contributed by atoms with E-state index in [0.29, 0.717) is 38.3 Å². The van der Waals surface area contributed by atoms with Crippen LogP contribution >= 0.6 is 0 Å². The second-order valence-electron chi connectivity index (χ2n) is 7.62. The molecule has 1 saturated carbocycles. The second kappa shape index (κ2) is 7.48. The molecule has 2 aromatic rings. The number of hydrogen-bond donors (Lipinski definition) is 1. The van der Waals surface area contributed by atoms with Crippen LogP contribution in [-0.4, -0.2) is 63.7 Å². The number of tetrazole rings is 1. The smallest absolute Gasteiger partial charge is 0.321 e. The molecule has 2 saturated heterocycles. The Labute approximate surface area is 163 Å². The molecule has 1 N–H and O–H groups in total. The fraction of sp³-hybridized carbons (Fsp3) is 0.579. The fourth-order valence-corrected chi connectivity index (χ4v) is 3.91. The lowest BCUT2D eigenvalue weighted by atomic mass is 9.96. The highest BCUT2D eigenvalue weighted by atomic mass is 16.7. The number of amides is 2. The number of carbonyl (C=O) groups is 1. The number of rotatable bonds is 4. The van der Waals surface area contributed by atoms with Crippen molar-refractivity contribution in [3.05, 3.63) is 24.3 Å². The van der Waals surface area contributed by atoms with Crippen LogP contribution in [0.1, 0.15) is 31.7 Å². The molecule has 3 heterocycles. The monoisotopic (exact) mass is 384 g/mol. The summed E-state index contributed by atoms with van der Waals surface area (Å²) in [7, 11) is 0. The molecule has 0 bridgehead atoms. The van der Waals surface area contributed by atoms with E-state index in [4.69, 9.17) is 9.47 Å². The van der Waals surface area contributed by atoms with E-state index in [-0.39, 0.29) is 12.3 Å². The molecule has 5 rings (SSSR count). The molecular weight excluding hydrogens is 360 g/mol. The zero-order valence-electron chi connectivity index (χ0n) is 15.7. The number of aromatic nitrogens is 4. The van der Waals surface area contributed by atoms with Gasteiger partial charge in [0.15, 0.2) is 12.1 Å². The molecule has 0 atom stereocenters. The van der Waals surface area contributed by atoms with Gasteiger partial charge >= 0.3 is 6.03 Å². The quantitative estimate of drug-likeness (QED) is 0.869. The van der Waals surface area contributed by atoms with E-state index in [0.717, 1.165) is 42.8 Å². The molecule has 0 radical (unpaired) electrons. The number of anilines is 1. The molecule has 1 aromatic carbocycles. The lowest BCUT2D eigenvalue weighted by molar-refractivity contribution is -0.0950. The van der Waals surface area contributed by atoms with E-state index in [1.54, 1.807) is 0 Å². The van der Waals surface area contributed by atoms with Crippen LogP contribution in [0.2, 0.25) is 0 Å². The molecule has 2 aliphatic heterocycles. The van der Waals surface area contributed by atoms with E-state index < -0.39 is 0 Å². The number of carbonyl (C=O) groups excluding carboxylic acids is 1. The Morgan fingerprint density at radius 1 is 1.11 bits per heavy atom. The van der Waals surface area contributed by atoms with Gasteiger partial charge in [0.05, 0.1) is 19.3 Å². The van der Waals surface area contributed by atoms with E-state index >= 15 is 0 Å². The molecule has 0 unspecified atom stereocenters. The predicted molar refractivity (Wildman–Crippen MR) is 101 cm³/mol. The minimum absolute atomic E-state index is 0.0781. The molecular formula is C19H24N6O3. The number of likely N-dealkylation sites (tertiary alicyclic amines) is 1. The van der Waals surface area contributed by atoms with Gasteiger partial charge in [-0.25, -0.2) is 9.48 Å². The van der Waals surface area contributed by atoms with E-state index in [1.807, 2.05) is 33.8 Å². The average Bonchev–Trinajstić information content (AvgIpc) is 3.21. The zero-order valence-corrected chi connectivity index (χ0v) is 15.7. The van der Waals surface area contributed by atoms with Crippen molar-refractivity contribution in [2.45, 2.75) is 38.0 Å². The summed E-state index contributed by atoms with van der Waals surface area (Å²) in [5, 5.41) is 15.1. The third-order valence-corrected chi connectivity index (χ3v) is 5.62. The summed E-state index contributed by atoms with van der Waals surface area (Å²) < 4.78 is 13.1. The van der Waals surface area contributed by atoms with Gasteiger partial charge in [-0.15, -0.1) is 5.10 Å². The summed E-state index contributed by atoms with van der Waals surface area (Å²) in [5.74, 6) is 1.12. The standard InChI is InChI=1S/C19H24N6O3/c26-19(24-8-6-13(7-9-24)18-27-10-11-28-18)20-15-3-1-2-14(12-15)17-21-22-23-25(17)16-4-5-16/h1-3,12-13,16,18H,4-11H2,(H,20,26). The first-order chi connectivity index (χ1) is 13.8. The van der Waals surface area contributed by atoms with Crippen LogP contribution < -0.4 is 5.32 Å². The third kappa shape index (κ3) is 3.59. The Morgan fingerprint density at radius 2 is 1.89 bits per heavy atom. The molecule has 9 heteroatoms. The predicted octanol–water partition coefficient (Wildman–Crippen LogP) is 2.29. The van der Waals surface area contributed by atoms with Crippen LogP contribution in [0.5, 0.6) is 0 Å². The van der Waals surface area contributed by atoms with Crippen LogP contribution in [0.3, 0.4) is 0 Å². The van der Waals surface area contributed by atoms with Crippen molar-refractivity contribution in [3.8, 4) is 11.4 Å². The van der Waals surface area contributed by atoms with Gasteiger partial charge in [-0.3, -0.25) is 0 Å². The highest BCUT2D eigenvalue weighted by molar-refractivity contribution is 5.90. The normalized spacial score (nSPS) is 21.2. The van der Waals surface area contributed by atoms with Gasteiger partial charge in [0.25, 0.3) is 0 Å². The molecule has 28 heavy (non-hydrogen) atoms. The first-order valence-corrected chi connectivity index (χ1v) is 9.95. The Morgan fingerprint density at radius 3 is 2.64 bits per heavy atom. The molecule has 3 aliphatic rings. The molecule has 9 nitrogen and oxygen atoms in total. The van der Waals surface area contributed by atoms with Crippen LogP contribution in [0.15, 0.2) is 24.3 Å². The molecule has 1 aromatic heterocycles. The van der Waals surface area contributed by atoms with Crippen LogP contribution in [0.25, 0.3) is 11.4 Å². The lowest BCUT2D eigenvalue weighted by Crippen LogP contribution is -2.43. The third-order valence-electron chi connectivity index (χ3n) is 5.62. The maximum absolute atomic E-state index is 12.7.